The Hall–Kier alpha value is -4.00. The fraction of sp³-hybridized carbons (Fsp3) is 0.375. The Morgan fingerprint density at radius 2 is 1.89 bits per heavy atom. The Balaban J connectivity index is 1.44. The van der Waals surface area contributed by atoms with Gasteiger partial charge in [-0.3, -0.25) is 14.5 Å². The molecule has 2 amide bonds. The van der Waals surface area contributed by atoms with E-state index in [1.54, 1.807) is 6.92 Å². The lowest BCUT2D eigenvalue weighted by atomic mass is 10.1. The minimum atomic E-state index is -4.56. The standard InChI is InChI=1S/C24H26F3N7O3/c1-13-5-6-15(9-17(13)24(25,26)27)32-22(35)19-10-18(33-37-19)14(2)31-23(36)20-16(21(28)30-12-29-20)11-34-7-3-4-8-34/h5-6,9-10,12,14H,3-4,7-8,11H2,1-2H3,(H,31,36)(H,32,35)(H2,28,29,30). The average molecular weight is 518 g/mol. The van der Waals surface area contributed by atoms with Crippen LogP contribution in [0, 0.1) is 6.92 Å². The van der Waals surface area contributed by atoms with Gasteiger partial charge in [0.15, 0.2) is 0 Å². The Bertz CT molecular complexity index is 1300. The number of nitrogen functional groups attached to an aromatic ring is 1. The van der Waals surface area contributed by atoms with Crippen LogP contribution in [-0.2, 0) is 12.7 Å². The van der Waals surface area contributed by atoms with Crippen LogP contribution in [-0.4, -0.2) is 44.9 Å². The number of rotatable bonds is 7. The van der Waals surface area contributed by atoms with Crippen LogP contribution in [0.25, 0.3) is 0 Å². The summed E-state index contributed by atoms with van der Waals surface area (Å²) in [5.41, 5.74) is 6.08. The number of halogens is 3. The molecule has 1 aliphatic heterocycles. The van der Waals surface area contributed by atoms with Crippen molar-refractivity contribution in [2.45, 2.75) is 45.5 Å². The first kappa shape index (κ1) is 26.1. The molecule has 2 aromatic heterocycles. The van der Waals surface area contributed by atoms with Gasteiger partial charge in [-0.25, -0.2) is 9.97 Å². The number of nitrogens with two attached hydrogens (primary N) is 1. The van der Waals surface area contributed by atoms with Crippen molar-refractivity contribution in [1.29, 1.82) is 0 Å². The van der Waals surface area contributed by atoms with Gasteiger partial charge in [-0.1, -0.05) is 11.2 Å². The minimum absolute atomic E-state index is 0.0334. The van der Waals surface area contributed by atoms with Gasteiger partial charge in [0.25, 0.3) is 11.8 Å². The van der Waals surface area contributed by atoms with Crippen molar-refractivity contribution in [1.82, 2.24) is 25.3 Å². The molecule has 4 N–H and O–H groups in total. The average Bonchev–Trinajstić information content (AvgIpc) is 3.53. The maximum Gasteiger partial charge on any atom is 0.416 e. The number of amides is 2. The molecule has 1 aliphatic rings. The Morgan fingerprint density at radius 3 is 2.59 bits per heavy atom. The topological polar surface area (TPSA) is 139 Å². The number of aryl methyl sites for hydroxylation is 1. The SMILES string of the molecule is Cc1ccc(NC(=O)c2cc(C(C)NC(=O)c3ncnc(N)c3CN3CCCC3)no2)cc1C(F)(F)F. The van der Waals surface area contributed by atoms with Crippen LogP contribution in [0.4, 0.5) is 24.7 Å². The maximum atomic E-state index is 13.2. The summed E-state index contributed by atoms with van der Waals surface area (Å²) >= 11 is 0. The first-order chi connectivity index (χ1) is 17.5. The van der Waals surface area contributed by atoms with Crippen molar-refractivity contribution in [3.05, 3.63) is 64.4 Å². The van der Waals surface area contributed by atoms with Gasteiger partial charge < -0.3 is 20.9 Å². The van der Waals surface area contributed by atoms with Crippen LogP contribution in [0.15, 0.2) is 35.1 Å². The molecule has 37 heavy (non-hydrogen) atoms. The summed E-state index contributed by atoms with van der Waals surface area (Å²) in [5, 5.41) is 8.95. The number of likely N-dealkylation sites (tertiary alicyclic amines) is 1. The van der Waals surface area contributed by atoms with E-state index in [9.17, 15) is 22.8 Å². The van der Waals surface area contributed by atoms with Gasteiger partial charge in [-0.05, 0) is 57.5 Å². The van der Waals surface area contributed by atoms with Gasteiger partial charge in [0.1, 0.15) is 23.5 Å². The second kappa shape index (κ2) is 10.5. The molecule has 0 spiro atoms. The maximum absolute atomic E-state index is 13.2. The summed E-state index contributed by atoms with van der Waals surface area (Å²) in [6.45, 7) is 5.22. The number of carbonyl (C=O) groups excluding carboxylic acids is 2. The zero-order valence-corrected chi connectivity index (χ0v) is 20.2. The van der Waals surface area contributed by atoms with Crippen LogP contribution in [0.2, 0.25) is 0 Å². The largest absolute Gasteiger partial charge is 0.416 e. The third-order valence-electron chi connectivity index (χ3n) is 6.12. The molecule has 0 bridgehead atoms. The molecule has 1 fully saturated rings. The molecule has 1 atom stereocenters. The molecular formula is C24H26F3N7O3. The summed E-state index contributed by atoms with van der Waals surface area (Å²) in [7, 11) is 0. The molecule has 3 aromatic rings. The molecule has 4 rings (SSSR count). The summed E-state index contributed by atoms with van der Waals surface area (Å²) in [6, 6.07) is 4.10. The van der Waals surface area contributed by atoms with E-state index in [-0.39, 0.29) is 34.2 Å². The molecule has 13 heteroatoms. The molecule has 1 saturated heterocycles. The molecule has 0 aliphatic carbocycles. The molecule has 1 unspecified atom stereocenters. The monoisotopic (exact) mass is 517 g/mol. The molecule has 1 aromatic carbocycles. The highest BCUT2D eigenvalue weighted by Gasteiger charge is 2.32. The van der Waals surface area contributed by atoms with Gasteiger partial charge in [0.2, 0.25) is 5.76 Å². The van der Waals surface area contributed by atoms with Crippen molar-refractivity contribution in [3.63, 3.8) is 0 Å². The van der Waals surface area contributed by atoms with Gasteiger partial charge in [-0.15, -0.1) is 0 Å². The van der Waals surface area contributed by atoms with Crippen molar-refractivity contribution in [2.75, 3.05) is 24.1 Å². The number of benzene rings is 1. The molecule has 0 radical (unpaired) electrons. The number of hydrogen-bond acceptors (Lipinski definition) is 8. The van der Waals surface area contributed by atoms with E-state index in [4.69, 9.17) is 10.3 Å². The summed E-state index contributed by atoms with van der Waals surface area (Å²) < 4.78 is 44.6. The molecule has 0 saturated carbocycles. The quantitative estimate of drug-likeness (QED) is 0.431. The minimum Gasteiger partial charge on any atom is -0.383 e. The van der Waals surface area contributed by atoms with Crippen molar-refractivity contribution in [2.24, 2.45) is 0 Å². The number of aromatic nitrogens is 3. The molecule has 10 nitrogen and oxygen atoms in total. The second-order valence-electron chi connectivity index (χ2n) is 8.86. The number of nitrogens with zero attached hydrogens (tertiary/aromatic N) is 4. The third-order valence-corrected chi connectivity index (χ3v) is 6.12. The highest BCUT2D eigenvalue weighted by Crippen LogP contribution is 2.33. The highest BCUT2D eigenvalue weighted by atomic mass is 19.4. The normalized spacial score (nSPS) is 14.9. The molecule has 196 valence electrons. The summed E-state index contributed by atoms with van der Waals surface area (Å²) in [4.78, 5) is 35.8. The highest BCUT2D eigenvalue weighted by molar-refractivity contribution is 6.02. The van der Waals surface area contributed by atoms with E-state index in [0.717, 1.165) is 32.0 Å². The van der Waals surface area contributed by atoms with E-state index in [0.29, 0.717) is 12.1 Å². The van der Waals surface area contributed by atoms with E-state index >= 15 is 0 Å². The number of alkyl halides is 3. The van der Waals surface area contributed by atoms with Crippen molar-refractivity contribution < 1.29 is 27.3 Å². The van der Waals surface area contributed by atoms with Crippen LogP contribution in [0.3, 0.4) is 0 Å². The van der Waals surface area contributed by atoms with Gasteiger partial charge >= 0.3 is 6.18 Å². The first-order valence-electron chi connectivity index (χ1n) is 11.6. The third kappa shape index (κ3) is 6.05. The molecular weight excluding hydrogens is 491 g/mol. The summed E-state index contributed by atoms with van der Waals surface area (Å²) in [6.07, 6.45) is -1.19. The van der Waals surface area contributed by atoms with Crippen LogP contribution in [0.1, 0.15) is 69.2 Å². The van der Waals surface area contributed by atoms with E-state index in [1.165, 1.54) is 31.5 Å². The zero-order valence-electron chi connectivity index (χ0n) is 20.2. The smallest absolute Gasteiger partial charge is 0.383 e. The van der Waals surface area contributed by atoms with Gasteiger partial charge in [-0.2, -0.15) is 13.2 Å². The fourth-order valence-corrected chi connectivity index (χ4v) is 4.08. The predicted octanol–water partition coefficient (Wildman–Crippen LogP) is 3.71. The van der Waals surface area contributed by atoms with E-state index in [2.05, 4.69) is 30.7 Å². The number of nitrogens with one attached hydrogen (secondary N) is 2. The van der Waals surface area contributed by atoms with E-state index < -0.39 is 29.6 Å². The Morgan fingerprint density at radius 1 is 1.16 bits per heavy atom. The number of carbonyl (C=O) groups is 2. The first-order valence-corrected chi connectivity index (χ1v) is 11.6. The van der Waals surface area contributed by atoms with Crippen LogP contribution >= 0.6 is 0 Å². The van der Waals surface area contributed by atoms with Gasteiger partial charge in [0, 0.05) is 23.9 Å². The number of anilines is 2. The zero-order chi connectivity index (χ0) is 26.7. The van der Waals surface area contributed by atoms with Gasteiger partial charge in [0.05, 0.1) is 11.6 Å². The number of hydrogen-bond donors (Lipinski definition) is 3. The Labute approximate surface area is 210 Å². The fourth-order valence-electron chi connectivity index (χ4n) is 4.08. The van der Waals surface area contributed by atoms with Crippen molar-refractivity contribution in [3.8, 4) is 0 Å². The van der Waals surface area contributed by atoms with Crippen LogP contribution < -0.4 is 16.4 Å². The predicted molar refractivity (Wildman–Crippen MR) is 127 cm³/mol. The Kier molecular flexibility index (Phi) is 7.43. The lowest BCUT2D eigenvalue weighted by Gasteiger charge is -2.18. The van der Waals surface area contributed by atoms with Crippen LogP contribution in [0.5, 0.6) is 0 Å². The van der Waals surface area contributed by atoms with E-state index in [1.807, 2.05) is 0 Å². The lowest BCUT2D eigenvalue weighted by molar-refractivity contribution is -0.138. The lowest BCUT2D eigenvalue weighted by Crippen LogP contribution is -2.30. The molecule has 3 heterocycles. The summed E-state index contributed by atoms with van der Waals surface area (Å²) in [5.74, 6) is -1.29. The van der Waals surface area contributed by atoms with Crippen molar-refractivity contribution >= 4 is 23.3 Å². The second-order valence-corrected chi connectivity index (χ2v) is 8.86.